The number of aliphatic hydroxyl groups is 1. The summed E-state index contributed by atoms with van der Waals surface area (Å²) in [7, 11) is 0. The van der Waals surface area contributed by atoms with Crippen LogP contribution >= 0.6 is 0 Å². The monoisotopic (exact) mass is 313 g/mol. The predicted octanol–water partition coefficient (Wildman–Crippen LogP) is 0.695. The van der Waals surface area contributed by atoms with Gasteiger partial charge in [-0.1, -0.05) is 24.3 Å². The van der Waals surface area contributed by atoms with Crippen LogP contribution in [0.25, 0.3) is 0 Å². The van der Waals surface area contributed by atoms with Crippen LogP contribution in [0, 0.1) is 11.8 Å². The second kappa shape index (κ2) is 4.59. The molecule has 6 heteroatoms. The summed E-state index contributed by atoms with van der Waals surface area (Å²) in [5.74, 6) is -2.19. The average molecular weight is 313 g/mol. The molecule has 4 rings (SSSR count). The second-order valence-electron chi connectivity index (χ2n) is 6.18. The number of carbonyl (C=O) groups excluding carboxylic acids is 3. The second-order valence-corrected chi connectivity index (χ2v) is 6.18. The van der Waals surface area contributed by atoms with Crippen LogP contribution < -0.4 is 4.90 Å². The fraction of sp³-hybridized carbons (Fsp3) is 0.353. The number of nitrogens with zero attached hydrogens (tertiary/aromatic N) is 1. The summed E-state index contributed by atoms with van der Waals surface area (Å²) in [4.78, 5) is 38.2. The molecule has 118 valence electrons. The van der Waals surface area contributed by atoms with Crippen molar-refractivity contribution in [1.29, 1.82) is 0 Å². The lowest BCUT2D eigenvalue weighted by atomic mass is 9.77. The van der Waals surface area contributed by atoms with Crippen LogP contribution in [-0.2, 0) is 14.3 Å². The molecule has 1 aromatic carbocycles. The third-order valence-electron chi connectivity index (χ3n) is 4.91. The van der Waals surface area contributed by atoms with E-state index in [0.717, 1.165) is 4.90 Å². The van der Waals surface area contributed by atoms with Gasteiger partial charge in [-0.3, -0.25) is 14.4 Å². The van der Waals surface area contributed by atoms with E-state index in [0.29, 0.717) is 11.3 Å². The largest absolute Gasteiger partial charge is 0.393 e. The van der Waals surface area contributed by atoms with Gasteiger partial charge in [0.05, 0.1) is 30.2 Å². The number of amides is 2. The van der Waals surface area contributed by atoms with E-state index >= 15 is 0 Å². The number of anilines is 1. The van der Waals surface area contributed by atoms with Gasteiger partial charge >= 0.3 is 0 Å². The molecule has 2 fully saturated rings. The Kier molecular flexibility index (Phi) is 2.86. The number of ether oxygens (including phenoxy) is 1. The molecule has 0 saturated carbocycles. The van der Waals surface area contributed by atoms with Crippen molar-refractivity contribution in [2.24, 2.45) is 11.8 Å². The zero-order valence-corrected chi connectivity index (χ0v) is 12.4. The summed E-state index contributed by atoms with van der Waals surface area (Å²) in [5.41, 5.74) is -0.279. The Morgan fingerprint density at radius 1 is 1.35 bits per heavy atom. The number of aliphatic hydroxyl groups excluding tert-OH is 1. The molecule has 3 aliphatic rings. The van der Waals surface area contributed by atoms with Crippen molar-refractivity contribution in [2.45, 2.75) is 18.6 Å². The fourth-order valence-electron chi connectivity index (χ4n) is 3.80. The first-order chi connectivity index (χ1) is 11.0. The molecule has 0 unspecified atom stereocenters. The van der Waals surface area contributed by atoms with Gasteiger partial charge in [-0.05, 0) is 19.1 Å². The van der Waals surface area contributed by atoms with Crippen molar-refractivity contribution >= 4 is 23.3 Å². The molecule has 2 saturated heterocycles. The standard InChI is InChI=1S/C17H15NO5/c1-9(20)10-3-2-4-11(7-10)18-15(21)13-12-5-6-17(8-19,23-12)14(13)16(18)22/h2-7,12-14,19H,8H2,1H3/t12-,13-,14+,17-/m1/s1. The Labute approximate surface area is 132 Å². The maximum absolute atomic E-state index is 12.8. The summed E-state index contributed by atoms with van der Waals surface area (Å²) in [6.07, 6.45) is 2.93. The van der Waals surface area contributed by atoms with E-state index in [1.807, 2.05) is 0 Å². The first-order valence-electron chi connectivity index (χ1n) is 7.45. The smallest absolute Gasteiger partial charge is 0.241 e. The van der Waals surface area contributed by atoms with Gasteiger partial charge in [-0.15, -0.1) is 0 Å². The van der Waals surface area contributed by atoms with Gasteiger partial charge in [0.25, 0.3) is 0 Å². The Balaban J connectivity index is 1.76. The fourth-order valence-corrected chi connectivity index (χ4v) is 3.80. The van der Waals surface area contributed by atoms with Gasteiger partial charge in [0.2, 0.25) is 11.8 Å². The number of imide groups is 1. The summed E-state index contributed by atoms with van der Waals surface area (Å²) in [6.45, 7) is 1.09. The molecule has 1 N–H and O–H groups in total. The number of fused-ring (bicyclic) bond motifs is 5. The summed E-state index contributed by atoms with van der Waals surface area (Å²) >= 11 is 0. The van der Waals surface area contributed by atoms with Crippen LogP contribution in [0.5, 0.6) is 0 Å². The SMILES string of the molecule is CC(=O)c1cccc(N2C(=O)[C@H]3[C@@H](C2=O)[C@]2(CO)C=C[C@H]3O2)c1. The highest BCUT2D eigenvalue weighted by Gasteiger charge is 2.67. The van der Waals surface area contributed by atoms with Crippen molar-refractivity contribution < 1.29 is 24.2 Å². The summed E-state index contributed by atoms with van der Waals surface area (Å²) in [6, 6.07) is 6.46. The third kappa shape index (κ3) is 1.73. The zero-order valence-electron chi connectivity index (χ0n) is 12.4. The van der Waals surface area contributed by atoms with E-state index in [-0.39, 0.29) is 24.2 Å². The summed E-state index contributed by atoms with van der Waals surface area (Å²) in [5, 5.41) is 9.67. The Morgan fingerprint density at radius 2 is 2.13 bits per heavy atom. The van der Waals surface area contributed by atoms with E-state index in [1.54, 1.807) is 36.4 Å². The number of hydrogen-bond donors (Lipinski definition) is 1. The molecular weight excluding hydrogens is 298 g/mol. The molecule has 0 radical (unpaired) electrons. The maximum Gasteiger partial charge on any atom is 0.241 e. The molecule has 0 aromatic heterocycles. The van der Waals surface area contributed by atoms with Crippen LogP contribution in [0.3, 0.4) is 0 Å². The highest BCUT2D eigenvalue weighted by Crippen LogP contribution is 2.52. The minimum atomic E-state index is -1.10. The van der Waals surface area contributed by atoms with E-state index < -0.39 is 23.5 Å². The Morgan fingerprint density at radius 3 is 2.83 bits per heavy atom. The summed E-state index contributed by atoms with van der Waals surface area (Å²) < 4.78 is 5.68. The van der Waals surface area contributed by atoms with Crippen LogP contribution in [0.2, 0.25) is 0 Å². The quantitative estimate of drug-likeness (QED) is 0.504. The zero-order chi connectivity index (χ0) is 16.4. The van der Waals surface area contributed by atoms with Crippen LogP contribution in [-0.4, -0.2) is 41.0 Å². The van der Waals surface area contributed by atoms with Gasteiger partial charge in [0.1, 0.15) is 5.60 Å². The van der Waals surface area contributed by atoms with Gasteiger partial charge in [0.15, 0.2) is 5.78 Å². The maximum atomic E-state index is 12.8. The van der Waals surface area contributed by atoms with Crippen molar-refractivity contribution in [2.75, 3.05) is 11.5 Å². The lowest BCUT2D eigenvalue weighted by Gasteiger charge is -2.26. The number of ketones is 1. The molecule has 1 aromatic rings. The molecule has 4 atom stereocenters. The Hall–Kier alpha value is -2.31. The molecular formula is C17H15NO5. The molecule has 3 heterocycles. The minimum Gasteiger partial charge on any atom is -0.393 e. The number of Topliss-reactive ketones (excluding diaryl/α,β-unsaturated/α-hetero) is 1. The van der Waals surface area contributed by atoms with E-state index in [2.05, 4.69) is 0 Å². The topological polar surface area (TPSA) is 83.9 Å². The molecule has 2 amide bonds. The van der Waals surface area contributed by atoms with E-state index in [1.165, 1.54) is 6.92 Å². The Bertz CT molecular complexity index is 770. The van der Waals surface area contributed by atoms with Crippen LogP contribution in [0.1, 0.15) is 17.3 Å². The first kappa shape index (κ1) is 14.3. The van der Waals surface area contributed by atoms with Gasteiger partial charge in [-0.25, -0.2) is 4.90 Å². The normalized spacial score (nSPS) is 34.3. The van der Waals surface area contributed by atoms with E-state index in [9.17, 15) is 19.5 Å². The third-order valence-corrected chi connectivity index (χ3v) is 4.91. The average Bonchev–Trinajstić information content (AvgIpc) is 3.18. The predicted molar refractivity (Wildman–Crippen MR) is 79.7 cm³/mol. The molecule has 0 spiro atoms. The van der Waals surface area contributed by atoms with Gasteiger partial charge < -0.3 is 9.84 Å². The van der Waals surface area contributed by atoms with Crippen molar-refractivity contribution in [3.8, 4) is 0 Å². The molecule has 0 aliphatic carbocycles. The number of carbonyl (C=O) groups is 3. The van der Waals surface area contributed by atoms with Gasteiger partial charge in [0, 0.05) is 5.56 Å². The molecule has 23 heavy (non-hydrogen) atoms. The van der Waals surface area contributed by atoms with E-state index in [4.69, 9.17) is 4.74 Å². The molecule has 6 nitrogen and oxygen atoms in total. The van der Waals surface area contributed by atoms with Gasteiger partial charge in [-0.2, -0.15) is 0 Å². The van der Waals surface area contributed by atoms with Crippen molar-refractivity contribution in [1.82, 2.24) is 0 Å². The number of rotatable bonds is 3. The first-order valence-corrected chi connectivity index (χ1v) is 7.45. The molecule has 2 bridgehead atoms. The lowest BCUT2D eigenvalue weighted by molar-refractivity contribution is -0.128. The van der Waals surface area contributed by atoms with Crippen molar-refractivity contribution in [3.05, 3.63) is 42.0 Å². The lowest BCUT2D eigenvalue weighted by Crippen LogP contribution is -2.43. The van der Waals surface area contributed by atoms with Crippen LogP contribution in [0.4, 0.5) is 5.69 Å². The van der Waals surface area contributed by atoms with Crippen molar-refractivity contribution in [3.63, 3.8) is 0 Å². The highest BCUT2D eigenvalue weighted by molar-refractivity contribution is 6.23. The minimum absolute atomic E-state index is 0.136. The highest BCUT2D eigenvalue weighted by atomic mass is 16.5. The molecule has 3 aliphatic heterocycles. The van der Waals surface area contributed by atoms with Crippen LogP contribution in [0.15, 0.2) is 36.4 Å². The number of hydrogen-bond acceptors (Lipinski definition) is 5. The number of benzene rings is 1.